The molecule has 148 valence electrons. The summed E-state index contributed by atoms with van der Waals surface area (Å²) in [6.45, 7) is 10.7. The number of pyridine rings is 1. The maximum Gasteiger partial charge on any atom is 0.243 e. The Morgan fingerprint density at radius 1 is 0.966 bits per heavy atom. The van der Waals surface area contributed by atoms with E-state index in [1.807, 2.05) is 36.4 Å². The predicted molar refractivity (Wildman–Crippen MR) is 118 cm³/mol. The molecule has 5 nitrogen and oxygen atoms in total. The number of para-hydroxylation sites is 1. The highest BCUT2D eigenvalue weighted by molar-refractivity contribution is 5.82. The molecule has 0 fully saturated rings. The molecule has 0 radical (unpaired) electrons. The van der Waals surface area contributed by atoms with Crippen LogP contribution in [0.25, 0.3) is 11.0 Å². The van der Waals surface area contributed by atoms with Crippen LogP contribution in [0.3, 0.4) is 0 Å². The number of rotatable bonds is 4. The number of imidazole rings is 1. The fraction of sp³-hybridized carbons (Fsp3) is 0.250. The summed E-state index contributed by atoms with van der Waals surface area (Å²) in [5.41, 5.74) is 6.25. The lowest BCUT2D eigenvalue weighted by Crippen LogP contribution is -2.12. The van der Waals surface area contributed by atoms with Crippen LogP contribution in [0.4, 0.5) is 11.6 Å². The fourth-order valence-corrected chi connectivity index (χ4v) is 3.35. The van der Waals surface area contributed by atoms with E-state index in [-0.39, 0.29) is 5.41 Å². The fourth-order valence-electron chi connectivity index (χ4n) is 3.35. The second kappa shape index (κ2) is 7.24. The summed E-state index contributed by atoms with van der Waals surface area (Å²) in [6.07, 6.45) is 1.73. The topological polar surface area (TPSA) is 62.8 Å². The van der Waals surface area contributed by atoms with Gasteiger partial charge in [0.05, 0.1) is 11.0 Å². The number of hydrogen-bond acceptors (Lipinski definition) is 4. The van der Waals surface area contributed by atoms with Gasteiger partial charge < -0.3 is 15.0 Å². The average molecular weight is 386 g/mol. The molecule has 0 amide bonds. The molecule has 0 saturated carbocycles. The molecule has 0 aliphatic heterocycles. The molecule has 0 spiro atoms. The van der Waals surface area contributed by atoms with Gasteiger partial charge in [0, 0.05) is 11.8 Å². The highest BCUT2D eigenvalue weighted by Gasteiger charge is 2.20. The van der Waals surface area contributed by atoms with Crippen LogP contribution in [0.2, 0.25) is 0 Å². The van der Waals surface area contributed by atoms with Crippen molar-refractivity contribution in [3.8, 4) is 11.6 Å². The van der Waals surface area contributed by atoms with Gasteiger partial charge in [0.2, 0.25) is 11.8 Å². The molecule has 0 unspecified atom stereocenters. The lowest BCUT2D eigenvalue weighted by molar-refractivity contribution is 0.442. The number of fused-ring (bicyclic) bond motifs is 1. The van der Waals surface area contributed by atoms with Gasteiger partial charge in [0.15, 0.2) is 0 Å². The molecule has 4 aromatic rings. The molecule has 0 saturated heterocycles. The monoisotopic (exact) mass is 386 g/mol. The molecule has 0 bridgehead atoms. The minimum absolute atomic E-state index is 0.0346. The summed E-state index contributed by atoms with van der Waals surface area (Å²) in [4.78, 5) is 12.5. The lowest BCUT2D eigenvalue weighted by atomic mass is 9.86. The Morgan fingerprint density at radius 3 is 2.55 bits per heavy atom. The van der Waals surface area contributed by atoms with E-state index in [0.29, 0.717) is 11.8 Å². The van der Waals surface area contributed by atoms with E-state index in [0.717, 1.165) is 28.0 Å². The Labute approximate surface area is 171 Å². The molecule has 5 heteroatoms. The van der Waals surface area contributed by atoms with Crippen LogP contribution in [0.1, 0.15) is 37.5 Å². The number of hydrogen-bond donors (Lipinski definition) is 2. The summed E-state index contributed by atoms with van der Waals surface area (Å²) in [6, 6.07) is 16.0. The molecule has 2 heterocycles. The SMILES string of the molecule is Cc1ccc2nc(Nc3cccnc3Oc3ccccc3C(C)(C)C)[nH]c2c1C. The summed E-state index contributed by atoms with van der Waals surface area (Å²) < 4.78 is 6.24. The van der Waals surface area contributed by atoms with Gasteiger partial charge in [-0.1, -0.05) is 45.0 Å². The Morgan fingerprint density at radius 2 is 1.76 bits per heavy atom. The first-order valence-electron chi connectivity index (χ1n) is 9.78. The standard InChI is InChI=1S/C24H26N4O/c1-15-12-13-18-21(16(15)2)28-23(26-18)27-19-10-8-14-25-22(19)29-20-11-7-6-9-17(20)24(3,4)5/h6-14H,1-5H3,(H2,26,27,28). The van der Waals surface area contributed by atoms with Gasteiger partial charge in [-0.15, -0.1) is 0 Å². The van der Waals surface area contributed by atoms with Crippen LogP contribution in [-0.2, 0) is 5.41 Å². The number of benzene rings is 2. The number of aromatic amines is 1. The first-order valence-corrected chi connectivity index (χ1v) is 9.78. The number of aryl methyl sites for hydroxylation is 2. The van der Waals surface area contributed by atoms with Crippen LogP contribution in [0.15, 0.2) is 54.7 Å². The minimum Gasteiger partial charge on any atom is -0.437 e. The number of anilines is 2. The normalized spacial score (nSPS) is 11.6. The zero-order valence-corrected chi connectivity index (χ0v) is 17.5. The van der Waals surface area contributed by atoms with Crippen molar-refractivity contribution in [2.75, 3.05) is 5.32 Å². The number of H-pyrrole nitrogens is 1. The van der Waals surface area contributed by atoms with Gasteiger partial charge in [-0.3, -0.25) is 0 Å². The van der Waals surface area contributed by atoms with Crippen molar-refractivity contribution in [1.29, 1.82) is 0 Å². The van der Waals surface area contributed by atoms with E-state index >= 15 is 0 Å². The number of nitrogens with one attached hydrogen (secondary N) is 2. The van der Waals surface area contributed by atoms with Crippen molar-refractivity contribution in [1.82, 2.24) is 15.0 Å². The van der Waals surface area contributed by atoms with E-state index in [9.17, 15) is 0 Å². The van der Waals surface area contributed by atoms with Gasteiger partial charge in [0.25, 0.3) is 0 Å². The number of nitrogens with zero attached hydrogens (tertiary/aromatic N) is 2. The van der Waals surface area contributed by atoms with Crippen molar-refractivity contribution in [2.24, 2.45) is 0 Å². The van der Waals surface area contributed by atoms with Crippen LogP contribution in [0, 0.1) is 13.8 Å². The van der Waals surface area contributed by atoms with Crippen molar-refractivity contribution >= 4 is 22.7 Å². The Bertz CT molecular complexity index is 1170. The van der Waals surface area contributed by atoms with Gasteiger partial charge >= 0.3 is 0 Å². The second-order valence-corrected chi connectivity index (χ2v) is 8.32. The first-order chi connectivity index (χ1) is 13.8. The quantitative estimate of drug-likeness (QED) is 0.425. The highest BCUT2D eigenvalue weighted by atomic mass is 16.5. The van der Waals surface area contributed by atoms with Crippen molar-refractivity contribution in [3.63, 3.8) is 0 Å². The zero-order chi connectivity index (χ0) is 20.6. The molecular weight excluding hydrogens is 360 g/mol. The van der Waals surface area contributed by atoms with Gasteiger partial charge in [-0.25, -0.2) is 9.97 Å². The number of aromatic nitrogens is 3. The molecule has 29 heavy (non-hydrogen) atoms. The smallest absolute Gasteiger partial charge is 0.243 e. The van der Waals surface area contributed by atoms with E-state index in [4.69, 9.17) is 4.74 Å². The van der Waals surface area contributed by atoms with Crippen LogP contribution < -0.4 is 10.1 Å². The Kier molecular flexibility index (Phi) is 4.74. The van der Waals surface area contributed by atoms with E-state index in [1.165, 1.54) is 11.1 Å². The van der Waals surface area contributed by atoms with Crippen LogP contribution >= 0.6 is 0 Å². The molecule has 0 aliphatic carbocycles. The lowest BCUT2D eigenvalue weighted by Gasteiger charge is -2.22. The third-order valence-electron chi connectivity index (χ3n) is 5.12. The van der Waals surface area contributed by atoms with Crippen LogP contribution in [0.5, 0.6) is 11.6 Å². The molecule has 2 N–H and O–H groups in total. The number of ether oxygens (including phenoxy) is 1. The Hall–Kier alpha value is -3.34. The predicted octanol–water partition coefficient (Wildman–Crippen LogP) is 6.41. The van der Waals surface area contributed by atoms with Gasteiger partial charge in [-0.05, 0) is 54.7 Å². The van der Waals surface area contributed by atoms with Crippen molar-refractivity contribution in [2.45, 2.75) is 40.0 Å². The van der Waals surface area contributed by atoms with Crippen LogP contribution in [-0.4, -0.2) is 15.0 Å². The first kappa shape index (κ1) is 19.0. The third kappa shape index (κ3) is 3.81. The largest absolute Gasteiger partial charge is 0.437 e. The molecule has 2 aromatic heterocycles. The van der Waals surface area contributed by atoms with Crippen molar-refractivity contribution < 1.29 is 4.74 Å². The maximum atomic E-state index is 6.24. The van der Waals surface area contributed by atoms with Gasteiger partial charge in [0.1, 0.15) is 11.4 Å². The molecule has 2 aromatic carbocycles. The van der Waals surface area contributed by atoms with Crippen molar-refractivity contribution in [3.05, 3.63) is 71.4 Å². The van der Waals surface area contributed by atoms with Gasteiger partial charge in [-0.2, -0.15) is 0 Å². The summed E-state index contributed by atoms with van der Waals surface area (Å²) in [5.74, 6) is 1.98. The molecule has 4 rings (SSSR count). The minimum atomic E-state index is -0.0346. The summed E-state index contributed by atoms with van der Waals surface area (Å²) >= 11 is 0. The summed E-state index contributed by atoms with van der Waals surface area (Å²) in [5, 5.41) is 3.33. The third-order valence-corrected chi connectivity index (χ3v) is 5.12. The van der Waals surface area contributed by atoms with E-state index in [2.05, 4.69) is 67.0 Å². The second-order valence-electron chi connectivity index (χ2n) is 8.32. The molecule has 0 atom stereocenters. The molecule has 0 aliphatic rings. The van der Waals surface area contributed by atoms with E-state index < -0.39 is 0 Å². The Balaban J connectivity index is 1.68. The summed E-state index contributed by atoms with van der Waals surface area (Å²) in [7, 11) is 0. The average Bonchev–Trinajstić information content (AvgIpc) is 3.09. The molecular formula is C24H26N4O. The van der Waals surface area contributed by atoms with E-state index in [1.54, 1.807) is 6.20 Å². The highest BCUT2D eigenvalue weighted by Crippen LogP contribution is 2.36. The zero-order valence-electron chi connectivity index (χ0n) is 17.5. The maximum absolute atomic E-state index is 6.24.